The summed E-state index contributed by atoms with van der Waals surface area (Å²) in [7, 11) is 3.74. The number of carboxylic acid groups (broad SMARTS) is 1. The van der Waals surface area contributed by atoms with Gasteiger partial charge in [0.15, 0.2) is 0 Å². The first kappa shape index (κ1) is 47.9. The van der Waals surface area contributed by atoms with Crippen LogP contribution in [0.3, 0.4) is 0 Å². The topological polar surface area (TPSA) is 232 Å². The third-order valence-electron chi connectivity index (χ3n) is 10.1. The Morgan fingerprint density at radius 2 is 1.53 bits per heavy atom. The van der Waals surface area contributed by atoms with E-state index in [-0.39, 0.29) is 24.2 Å². The first-order valence-corrected chi connectivity index (χ1v) is 20.3. The molecule has 340 valence electrons. The number of tetrazole rings is 1. The van der Waals surface area contributed by atoms with Gasteiger partial charge in [0.05, 0.1) is 5.56 Å². The maximum Gasteiger partial charge on any atom is 0.490 e. The number of aromatic amines is 1. The lowest BCUT2D eigenvalue weighted by molar-refractivity contribution is -0.192. The summed E-state index contributed by atoms with van der Waals surface area (Å²) in [5.41, 5.74) is 10.1. The fourth-order valence-corrected chi connectivity index (χ4v) is 6.84. The van der Waals surface area contributed by atoms with E-state index in [0.29, 0.717) is 60.5 Å². The Morgan fingerprint density at radius 3 is 2.08 bits per heavy atom. The number of hydrogen-bond acceptors (Lipinski definition) is 12. The van der Waals surface area contributed by atoms with Crippen LogP contribution in [0.25, 0.3) is 22.5 Å². The number of amides is 3. The number of halogens is 3. The van der Waals surface area contributed by atoms with Gasteiger partial charge >= 0.3 is 18.2 Å². The van der Waals surface area contributed by atoms with Gasteiger partial charge in [0.2, 0.25) is 29.5 Å². The molecule has 0 bridgehead atoms. The normalized spacial score (nSPS) is 15.4. The van der Waals surface area contributed by atoms with Gasteiger partial charge in [0, 0.05) is 50.4 Å². The second-order valence-electron chi connectivity index (χ2n) is 16.3. The molecule has 5 N–H and O–H groups in total. The highest BCUT2D eigenvalue weighted by Gasteiger charge is 2.38. The van der Waals surface area contributed by atoms with E-state index < -0.39 is 35.8 Å². The first-order chi connectivity index (χ1) is 30.3. The highest BCUT2D eigenvalue weighted by Crippen LogP contribution is 2.34. The summed E-state index contributed by atoms with van der Waals surface area (Å²) in [6.07, 6.45) is -0.964. The summed E-state index contributed by atoms with van der Waals surface area (Å²) >= 11 is 0. The number of alkyl carbamates (subject to hydrolysis) is 1. The van der Waals surface area contributed by atoms with Crippen molar-refractivity contribution in [2.45, 2.75) is 77.3 Å². The largest absolute Gasteiger partial charge is 0.490 e. The van der Waals surface area contributed by atoms with Crippen molar-refractivity contribution >= 4 is 35.5 Å². The van der Waals surface area contributed by atoms with Crippen molar-refractivity contribution in [3.05, 3.63) is 96.2 Å². The van der Waals surface area contributed by atoms with Crippen molar-refractivity contribution in [1.29, 1.82) is 0 Å². The fraction of sp³-hybridized carbons (Fsp3) is 0.386. The third-order valence-corrected chi connectivity index (χ3v) is 10.1. The molecule has 5 aromatic rings. The Morgan fingerprint density at radius 1 is 0.906 bits per heavy atom. The van der Waals surface area contributed by atoms with E-state index in [1.807, 2.05) is 94.4 Å². The summed E-state index contributed by atoms with van der Waals surface area (Å²) in [4.78, 5) is 61.7. The number of nitrogens with zero attached hydrogens (tertiary/aromatic N) is 7. The number of H-pyrrole nitrogens is 1. The van der Waals surface area contributed by atoms with Gasteiger partial charge in [-0.15, -0.1) is 10.2 Å². The zero-order valence-electron chi connectivity index (χ0n) is 36.0. The lowest BCUT2D eigenvalue weighted by Crippen LogP contribution is -2.52. The number of benzene rings is 3. The zero-order chi connectivity index (χ0) is 46.6. The number of aliphatic carboxylic acids is 1. The van der Waals surface area contributed by atoms with Crippen molar-refractivity contribution in [3.8, 4) is 28.4 Å². The molecule has 0 radical (unpaired) electrons. The van der Waals surface area contributed by atoms with E-state index in [1.54, 1.807) is 35.4 Å². The highest BCUT2D eigenvalue weighted by atomic mass is 19.4. The van der Waals surface area contributed by atoms with Gasteiger partial charge in [-0.05, 0) is 98.5 Å². The average molecular weight is 889 g/mol. The summed E-state index contributed by atoms with van der Waals surface area (Å²) in [5.74, 6) is -2.35. The van der Waals surface area contributed by atoms with E-state index in [0.717, 1.165) is 29.5 Å². The van der Waals surface area contributed by atoms with Crippen LogP contribution in [0.4, 0.5) is 29.6 Å². The van der Waals surface area contributed by atoms with Gasteiger partial charge in [-0.25, -0.2) is 14.6 Å². The van der Waals surface area contributed by atoms with Gasteiger partial charge in [-0.2, -0.15) is 23.4 Å². The Kier molecular flexibility index (Phi) is 16.0. The molecule has 1 aliphatic carbocycles. The van der Waals surface area contributed by atoms with Crippen LogP contribution in [0.1, 0.15) is 57.6 Å². The molecule has 64 heavy (non-hydrogen) atoms. The SMILES string of the molecule is CN(C)c1ncc(-c2ccc(C[C@@H](C(N)=O)N(C(=O)C3CCC(CNC(=O)OC(C)(C)C)CC3)c3ccc(-c4nn[nH]n4)cc3)cc2)c(OCc2ccccc2)n1.O=C(O)C(F)(F)F. The quantitative estimate of drug-likeness (QED) is 0.0952. The van der Waals surface area contributed by atoms with Crippen LogP contribution in [0.5, 0.6) is 5.88 Å². The molecular formula is C44H51F3N10O7. The maximum absolute atomic E-state index is 14.6. The number of primary amides is 1. The standard InChI is InChI=1S/C42H50N10O5.C2HF3O2/c1-42(2,3)57-41(55)45-24-28-13-17-32(18-14-28)39(54)52(33-21-19-31(20-22-33)37-47-49-50-48-37)35(36(43)53)23-27-11-15-30(16-12-27)34-25-44-40(51(4)5)46-38(34)56-26-29-9-7-6-8-10-29;3-2(4,5)1(6)7/h6-12,15-16,19-22,25,28,32,35H,13-14,17-18,23-24,26H2,1-5H3,(H2,43,53)(H,45,55)(H,47,48,49,50);(H,6,7)/t28?,32?,35-;/m0./s1. The van der Waals surface area contributed by atoms with Crippen molar-refractivity contribution in [1.82, 2.24) is 35.9 Å². The number of ether oxygens (including phenoxy) is 2. The van der Waals surface area contributed by atoms with Crippen molar-refractivity contribution < 1.29 is 46.9 Å². The monoisotopic (exact) mass is 888 g/mol. The Labute approximate surface area is 367 Å². The number of carbonyl (C=O) groups is 4. The molecule has 1 fully saturated rings. The number of hydrogen-bond donors (Lipinski definition) is 4. The van der Waals surface area contributed by atoms with Crippen molar-refractivity contribution in [3.63, 3.8) is 0 Å². The molecule has 0 saturated heterocycles. The smallest absolute Gasteiger partial charge is 0.475 e. The van der Waals surface area contributed by atoms with Crippen LogP contribution in [-0.4, -0.2) is 98.0 Å². The molecule has 1 aliphatic rings. The summed E-state index contributed by atoms with van der Waals surface area (Å²) in [6.45, 7) is 6.26. The number of nitrogens with two attached hydrogens (primary N) is 1. The zero-order valence-corrected chi connectivity index (χ0v) is 36.0. The minimum atomic E-state index is -5.08. The molecule has 0 aliphatic heterocycles. The van der Waals surface area contributed by atoms with Crippen molar-refractivity contribution in [2.24, 2.45) is 17.6 Å². The van der Waals surface area contributed by atoms with E-state index in [4.69, 9.17) is 25.1 Å². The molecule has 0 spiro atoms. The van der Waals surface area contributed by atoms with Crippen LogP contribution >= 0.6 is 0 Å². The number of anilines is 2. The predicted molar refractivity (Wildman–Crippen MR) is 230 cm³/mol. The predicted octanol–water partition coefficient (Wildman–Crippen LogP) is 6.36. The second-order valence-corrected chi connectivity index (χ2v) is 16.3. The molecule has 20 heteroatoms. The van der Waals surface area contributed by atoms with Gasteiger partial charge in [0.1, 0.15) is 18.2 Å². The molecule has 1 saturated carbocycles. The van der Waals surface area contributed by atoms with E-state index in [9.17, 15) is 27.6 Å². The number of nitrogens with one attached hydrogen (secondary N) is 2. The third kappa shape index (κ3) is 13.7. The molecule has 2 heterocycles. The molecule has 1 atom stereocenters. The first-order valence-electron chi connectivity index (χ1n) is 20.3. The van der Waals surface area contributed by atoms with Gasteiger partial charge in [-0.3, -0.25) is 14.5 Å². The Hall–Kier alpha value is -7.12. The molecule has 3 aromatic carbocycles. The summed E-state index contributed by atoms with van der Waals surface area (Å²) in [5, 5.41) is 24.2. The number of carboxylic acids is 1. The fourth-order valence-electron chi connectivity index (χ4n) is 6.84. The minimum absolute atomic E-state index is 0.177. The van der Waals surface area contributed by atoms with Crippen LogP contribution in [0.2, 0.25) is 0 Å². The Bertz CT molecular complexity index is 2320. The van der Waals surface area contributed by atoms with Crippen LogP contribution < -0.4 is 25.6 Å². The lowest BCUT2D eigenvalue weighted by Gasteiger charge is -2.36. The van der Waals surface area contributed by atoms with Crippen LogP contribution in [0, 0.1) is 11.8 Å². The van der Waals surface area contributed by atoms with Gasteiger partial charge in [0.25, 0.3) is 0 Å². The highest BCUT2D eigenvalue weighted by molar-refractivity contribution is 6.02. The van der Waals surface area contributed by atoms with E-state index >= 15 is 0 Å². The van der Waals surface area contributed by atoms with Crippen LogP contribution in [-0.2, 0) is 32.1 Å². The molecule has 2 aromatic heterocycles. The lowest BCUT2D eigenvalue weighted by atomic mass is 9.81. The summed E-state index contributed by atoms with van der Waals surface area (Å²) in [6, 6.07) is 23.7. The molecule has 17 nitrogen and oxygen atoms in total. The van der Waals surface area contributed by atoms with Gasteiger partial charge in [-0.1, -0.05) is 54.6 Å². The number of carbonyl (C=O) groups excluding carboxylic acids is 3. The van der Waals surface area contributed by atoms with E-state index in [2.05, 4.69) is 35.9 Å². The maximum atomic E-state index is 14.6. The van der Waals surface area contributed by atoms with Crippen molar-refractivity contribution in [2.75, 3.05) is 30.4 Å². The van der Waals surface area contributed by atoms with Gasteiger partial charge < -0.3 is 30.5 Å². The summed E-state index contributed by atoms with van der Waals surface area (Å²) < 4.78 is 43.3. The van der Waals surface area contributed by atoms with Crippen LogP contribution in [0.15, 0.2) is 85.1 Å². The Balaban J connectivity index is 0.00000102. The number of aromatic nitrogens is 6. The molecule has 3 amide bonds. The molecule has 0 unspecified atom stereocenters. The number of alkyl halides is 3. The number of rotatable bonds is 14. The molecule has 6 rings (SSSR count). The second kappa shape index (κ2) is 21.3. The minimum Gasteiger partial charge on any atom is -0.475 e. The average Bonchev–Trinajstić information content (AvgIpc) is 3.80. The van der Waals surface area contributed by atoms with E-state index in [1.165, 1.54) is 0 Å². The molecular weight excluding hydrogens is 838 g/mol.